The monoisotopic (exact) mass is 316 g/mol. The summed E-state index contributed by atoms with van der Waals surface area (Å²) in [6.07, 6.45) is 1.61. The molecule has 0 bridgehead atoms. The van der Waals surface area contributed by atoms with E-state index in [-0.39, 0.29) is 6.03 Å². The molecule has 2 amide bonds. The Labute approximate surface area is 136 Å². The summed E-state index contributed by atoms with van der Waals surface area (Å²) in [7, 11) is 0. The van der Waals surface area contributed by atoms with Crippen molar-refractivity contribution in [3.8, 4) is 0 Å². The van der Waals surface area contributed by atoms with Gasteiger partial charge in [0, 0.05) is 18.1 Å². The van der Waals surface area contributed by atoms with Crippen molar-refractivity contribution in [2.75, 3.05) is 13.1 Å². The molecule has 0 spiro atoms. The first-order chi connectivity index (χ1) is 10.6. The van der Waals surface area contributed by atoms with Crippen molar-refractivity contribution in [2.45, 2.75) is 19.8 Å². The summed E-state index contributed by atoms with van der Waals surface area (Å²) in [5, 5.41) is 6.44. The second kappa shape index (κ2) is 8.44. The summed E-state index contributed by atoms with van der Waals surface area (Å²) < 4.78 is 0. The Kier molecular flexibility index (Phi) is 6.28. The highest BCUT2D eigenvalue weighted by atomic mass is 35.5. The Morgan fingerprint density at radius 1 is 0.955 bits per heavy atom. The number of benzene rings is 2. The fraction of sp³-hybridized carbons (Fsp3) is 0.278. The standard InChI is InChI=1S/C18H21ClN2O/c1-14-5-7-15(8-6-14)9-11-20-18(22)21-12-10-16-3-2-4-17(19)13-16/h2-8,13H,9-12H2,1H3,(H2,20,21,22). The number of nitrogens with one attached hydrogen (secondary N) is 2. The third-order valence-corrected chi connectivity index (χ3v) is 3.64. The molecule has 0 saturated carbocycles. The van der Waals surface area contributed by atoms with Gasteiger partial charge in [0.25, 0.3) is 0 Å². The number of carbonyl (C=O) groups is 1. The first kappa shape index (κ1) is 16.4. The predicted octanol–water partition coefficient (Wildman–Crippen LogP) is 3.73. The normalized spacial score (nSPS) is 10.3. The zero-order valence-electron chi connectivity index (χ0n) is 12.7. The van der Waals surface area contributed by atoms with Crippen molar-refractivity contribution in [1.29, 1.82) is 0 Å². The van der Waals surface area contributed by atoms with Crippen LogP contribution in [0, 0.1) is 6.92 Å². The second-order valence-electron chi connectivity index (χ2n) is 5.30. The van der Waals surface area contributed by atoms with Gasteiger partial charge in [-0.1, -0.05) is 53.6 Å². The SMILES string of the molecule is Cc1ccc(CCNC(=O)NCCc2cccc(Cl)c2)cc1. The van der Waals surface area contributed by atoms with Gasteiger partial charge in [-0.25, -0.2) is 4.79 Å². The lowest BCUT2D eigenvalue weighted by molar-refractivity contribution is 0.241. The minimum atomic E-state index is -0.130. The molecule has 0 aromatic heterocycles. The summed E-state index contributed by atoms with van der Waals surface area (Å²) >= 11 is 5.92. The number of rotatable bonds is 6. The second-order valence-corrected chi connectivity index (χ2v) is 5.73. The Balaban J connectivity index is 1.62. The summed E-state index contributed by atoms with van der Waals surface area (Å²) in [5.41, 5.74) is 3.59. The van der Waals surface area contributed by atoms with Crippen molar-refractivity contribution < 1.29 is 4.79 Å². The average molecular weight is 317 g/mol. The molecule has 22 heavy (non-hydrogen) atoms. The maximum absolute atomic E-state index is 11.7. The van der Waals surface area contributed by atoms with Crippen LogP contribution in [0.4, 0.5) is 4.79 Å². The van der Waals surface area contributed by atoms with Crippen molar-refractivity contribution in [1.82, 2.24) is 10.6 Å². The maximum atomic E-state index is 11.7. The van der Waals surface area contributed by atoms with Gasteiger partial charge in [0.15, 0.2) is 0 Å². The summed E-state index contributed by atoms with van der Waals surface area (Å²) in [5.74, 6) is 0. The molecule has 116 valence electrons. The number of halogens is 1. The Morgan fingerprint density at radius 3 is 2.23 bits per heavy atom. The first-order valence-corrected chi connectivity index (χ1v) is 7.83. The lowest BCUT2D eigenvalue weighted by Crippen LogP contribution is -2.37. The highest BCUT2D eigenvalue weighted by Gasteiger charge is 2.00. The number of urea groups is 1. The smallest absolute Gasteiger partial charge is 0.314 e. The van der Waals surface area contributed by atoms with Crippen LogP contribution in [-0.4, -0.2) is 19.1 Å². The van der Waals surface area contributed by atoms with Crippen LogP contribution >= 0.6 is 11.6 Å². The van der Waals surface area contributed by atoms with E-state index < -0.39 is 0 Å². The summed E-state index contributed by atoms with van der Waals surface area (Å²) in [6.45, 7) is 3.29. The van der Waals surface area contributed by atoms with E-state index in [1.807, 2.05) is 24.3 Å². The molecule has 0 aliphatic rings. The van der Waals surface area contributed by atoms with Crippen LogP contribution in [0.2, 0.25) is 5.02 Å². The molecule has 4 heteroatoms. The highest BCUT2D eigenvalue weighted by Crippen LogP contribution is 2.10. The van der Waals surface area contributed by atoms with E-state index in [0.717, 1.165) is 23.4 Å². The highest BCUT2D eigenvalue weighted by molar-refractivity contribution is 6.30. The van der Waals surface area contributed by atoms with Crippen LogP contribution in [0.1, 0.15) is 16.7 Å². The van der Waals surface area contributed by atoms with E-state index in [2.05, 4.69) is 41.8 Å². The number of hydrogen-bond acceptors (Lipinski definition) is 1. The topological polar surface area (TPSA) is 41.1 Å². The zero-order chi connectivity index (χ0) is 15.8. The molecule has 0 heterocycles. The molecule has 0 aliphatic heterocycles. The molecule has 2 aromatic carbocycles. The van der Waals surface area contributed by atoms with E-state index in [1.54, 1.807) is 0 Å². The fourth-order valence-electron chi connectivity index (χ4n) is 2.15. The van der Waals surface area contributed by atoms with Gasteiger partial charge >= 0.3 is 6.03 Å². The van der Waals surface area contributed by atoms with Gasteiger partial charge in [0.2, 0.25) is 0 Å². The van der Waals surface area contributed by atoms with Crippen LogP contribution in [0.15, 0.2) is 48.5 Å². The van der Waals surface area contributed by atoms with E-state index >= 15 is 0 Å². The third kappa shape index (κ3) is 5.78. The van der Waals surface area contributed by atoms with E-state index in [4.69, 9.17) is 11.6 Å². The predicted molar refractivity (Wildman–Crippen MR) is 91.4 cm³/mol. The summed E-state index contributed by atoms with van der Waals surface area (Å²) in [6, 6.07) is 15.9. The molecule has 3 nitrogen and oxygen atoms in total. The Bertz CT molecular complexity index is 611. The zero-order valence-corrected chi connectivity index (χ0v) is 13.5. The molecule has 0 unspecified atom stereocenters. The first-order valence-electron chi connectivity index (χ1n) is 7.45. The quantitative estimate of drug-likeness (QED) is 0.837. The average Bonchev–Trinajstić information content (AvgIpc) is 2.49. The van der Waals surface area contributed by atoms with Gasteiger partial charge in [0.05, 0.1) is 0 Å². The molecule has 0 fully saturated rings. The van der Waals surface area contributed by atoms with Crippen molar-refractivity contribution in [3.05, 3.63) is 70.2 Å². The van der Waals surface area contributed by atoms with Crippen molar-refractivity contribution >= 4 is 17.6 Å². The van der Waals surface area contributed by atoms with Crippen LogP contribution in [-0.2, 0) is 12.8 Å². The minimum Gasteiger partial charge on any atom is -0.338 e. The van der Waals surface area contributed by atoms with Gasteiger partial charge < -0.3 is 10.6 Å². The van der Waals surface area contributed by atoms with Crippen LogP contribution in [0.5, 0.6) is 0 Å². The molecule has 0 saturated heterocycles. The van der Waals surface area contributed by atoms with E-state index in [0.29, 0.717) is 13.1 Å². The molecule has 0 radical (unpaired) electrons. The molecule has 0 atom stereocenters. The molecular formula is C18H21ClN2O. The Morgan fingerprint density at radius 2 is 1.59 bits per heavy atom. The summed E-state index contributed by atoms with van der Waals surface area (Å²) in [4.78, 5) is 11.7. The van der Waals surface area contributed by atoms with Crippen molar-refractivity contribution in [2.24, 2.45) is 0 Å². The lowest BCUT2D eigenvalue weighted by atomic mass is 10.1. The molecule has 2 aromatic rings. The van der Waals surface area contributed by atoms with Crippen LogP contribution in [0.25, 0.3) is 0 Å². The lowest BCUT2D eigenvalue weighted by Gasteiger charge is -2.08. The fourth-order valence-corrected chi connectivity index (χ4v) is 2.36. The minimum absolute atomic E-state index is 0.130. The molecule has 2 N–H and O–H groups in total. The molecule has 0 aliphatic carbocycles. The number of hydrogen-bond donors (Lipinski definition) is 2. The van der Waals surface area contributed by atoms with Gasteiger partial charge in [-0.3, -0.25) is 0 Å². The van der Waals surface area contributed by atoms with E-state index in [9.17, 15) is 4.79 Å². The number of carbonyl (C=O) groups excluding carboxylic acids is 1. The number of amides is 2. The van der Waals surface area contributed by atoms with Gasteiger partial charge in [-0.15, -0.1) is 0 Å². The van der Waals surface area contributed by atoms with E-state index in [1.165, 1.54) is 11.1 Å². The van der Waals surface area contributed by atoms with Crippen LogP contribution in [0.3, 0.4) is 0 Å². The maximum Gasteiger partial charge on any atom is 0.314 e. The third-order valence-electron chi connectivity index (χ3n) is 3.41. The molecular weight excluding hydrogens is 296 g/mol. The number of aryl methyl sites for hydroxylation is 1. The largest absolute Gasteiger partial charge is 0.338 e. The Hall–Kier alpha value is -2.00. The molecule has 2 rings (SSSR count). The van der Waals surface area contributed by atoms with Crippen LogP contribution < -0.4 is 10.6 Å². The van der Waals surface area contributed by atoms with Crippen molar-refractivity contribution in [3.63, 3.8) is 0 Å². The van der Waals surface area contributed by atoms with Gasteiger partial charge in [-0.05, 0) is 43.0 Å². The van der Waals surface area contributed by atoms with Gasteiger partial charge in [0.1, 0.15) is 0 Å². The van der Waals surface area contributed by atoms with Gasteiger partial charge in [-0.2, -0.15) is 0 Å².